The molecule has 0 aliphatic heterocycles. The molecule has 0 aliphatic rings. The molecule has 0 aliphatic carbocycles. The van der Waals surface area contributed by atoms with Gasteiger partial charge in [-0.15, -0.1) is 24.2 Å². The average molecular weight is 311 g/mol. The Kier molecular flexibility index (Phi) is 7.89. The largest absolute Gasteiger partial charge is 0.318 e. The second-order valence-corrected chi connectivity index (χ2v) is 6.53. The Balaban J connectivity index is 0.00000289. The third kappa shape index (κ3) is 4.44. The molecule has 1 N–H and O–H groups in total. The van der Waals surface area contributed by atoms with Crippen LogP contribution in [0.2, 0.25) is 0 Å². The van der Waals surface area contributed by atoms with Crippen molar-refractivity contribution >= 4 is 34.2 Å². The molecule has 1 aromatic rings. The van der Waals surface area contributed by atoms with Crippen LogP contribution in [0, 0.1) is 0 Å². The highest BCUT2D eigenvalue weighted by molar-refractivity contribution is 7.98. The van der Waals surface area contributed by atoms with Gasteiger partial charge in [-0.05, 0) is 31.5 Å². The zero-order valence-corrected chi connectivity index (χ0v) is 13.2. The highest BCUT2D eigenvalue weighted by Crippen LogP contribution is 2.20. The van der Waals surface area contributed by atoms with Gasteiger partial charge >= 0.3 is 0 Å². The van der Waals surface area contributed by atoms with Gasteiger partial charge in [0.05, 0.1) is 4.90 Å². The second kappa shape index (κ2) is 8.01. The van der Waals surface area contributed by atoms with Gasteiger partial charge < -0.3 is 5.32 Å². The number of rotatable bonds is 6. The summed E-state index contributed by atoms with van der Waals surface area (Å²) in [5.74, 6) is 0. The van der Waals surface area contributed by atoms with E-state index in [9.17, 15) is 8.42 Å². The molecule has 0 amide bonds. The van der Waals surface area contributed by atoms with E-state index in [2.05, 4.69) is 5.32 Å². The topological polar surface area (TPSA) is 49.4 Å². The van der Waals surface area contributed by atoms with Crippen molar-refractivity contribution in [2.45, 2.75) is 9.79 Å². The minimum atomic E-state index is -3.36. The van der Waals surface area contributed by atoms with Crippen LogP contribution >= 0.6 is 24.2 Å². The number of nitrogens with zero attached hydrogens (tertiary/aromatic N) is 1. The summed E-state index contributed by atoms with van der Waals surface area (Å²) in [6.07, 6.45) is 1.93. The Morgan fingerprint density at radius 2 is 2.06 bits per heavy atom. The van der Waals surface area contributed by atoms with Gasteiger partial charge in [0.15, 0.2) is 0 Å². The van der Waals surface area contributed by atoms with Crippen molar-refractivity contribution in [2.24, 2.45) is 0 Å². The zero-order chi connectivity index (χ0) is 12.9. The predicted molar refractivity (Wildman–Crippen MR) is 79.2 cm³/mol. The van der Waals surface area contributed by atoms with E-state index in [0.29, 0.717) is 18.0 Å². The highest BCUT2D eigenvalue weighted by Gasteiger charge is 2.20. The molecule has 0 heterocycles. The van der Waals surface area contributed by atoms with Crippen LogP contribution in [0.15, 0.2) is 34.1 Å². The fourth-order valence-corrected chi connectivity index (χ4v) is 3.08. The molecule has 1 rings (SSSR count). The monoisotopic (exact) mass is 310 g/mol. The third-order valence-electron chi connectivity index (χ3n) is 2.43. The summed E-state index contributed by atoms with van der Waals surface area (Å²) in [7, 11) is 0.0323. The summed E-state index contributed by atoms with van der Waals surface area (Å²) >= 11 is 1.53. The zero-order valence-electron chi connectivity index (χ0n) is 10.7. The molecule has 0 unspecified atom stereocenters. The second-order valence-electron chi connectivity index (χ2n) is 3.61. The molecule has 104 valence electrons. The molecule has 0 bridgehead atoms. The molecule has 0 aromatic heterocycles. The van der Waals surface area contributed by atoms with Crippen LogP contribution in [0.3, 0.4) is 0 Å². The molecule has 0 spiro atoms. The molecule has 18 heavy (non-hydrogen) atoms. The summed E-state index contributed by atoms with van der Waals surface area (Å²) in [4.78, 5) is 1.30. The number of benzene rings is 1. The lowest BCUT2D eigenvalue weighted by Gasteiger charge is -2.17. The van der Waals surface area contributed by atoms with E-state index in [1.54, 1.807) is 32.3 Å². The van der Waals surface area contributed by atoms with Gasteiger partial charge in [0.25, 0.3) is 0 Å². The first-order valence-electron chi connectivity index (χ1n) is 5.27. The first kappa shape index (κ1) is 17.7. The Labute approximate surface area is 120 Å². The van der Waals surface area contributed by atoms with Crippen molar-refractivity contribution in [2.75, 3.05) is 33.4 Å². The van der Waals surface area contributed by atoms with Crippen molar-refractivity contribution in [3.8, 4) is 0 Å². The van der Waals surface area contributed by atoms with Gasteiger partial charge in [0.1, 0.15) is 0 Å². The van der Waals surface area contributed by atoms with E-state index in [0.717, 1.165) is 4.90 Å². The fourth-order valence-electron chi connectivity index (χ4n) is 1.33. The number of hydrogen-bond donors (Lipinski definition) is 1. The molecule has 0 atom stereocenters. The normalized spacial score (nSPS) is 11.3. The number of sulfonamides is 1. The predicted octanol–water partition coefficient (Wildman–Crippen LogP) is 1.67. The van der Waals surface area contributed by atoms with Crippen LogP contribution < -0.4 is 5.32 Å². The minimum absolute atomic E-state index is 0. The lowest BCUT2D eigenvalue weighted by atomic mass is 10.4. The molecular formula is C11H19ClN2O2S2. The summed E-state index contributed by atoms with van der Waals surface area (Å²) < 4.78 is 25.8. The van der Waals surface area contributed by atoms with E-state index >= 15 is 0 Å². The molecule has 0 fully saturated rings. The maximum Gasteiger partial charge on any atom is 0.242 e. The van der Waals surface area contributed by atoms with Crippen LogP contribution in [0.5, 0.6) is 0 Å². The molecular weight excluding hydrogens is 292 g/mol. The van der Waals surface area contributed by atoms with Crippen molar-refractivity contribution in [3.05, 3.63) is 24.3 Å². The minimum Gasteiger partial charge on any atom is -0.318 e. The molecule has 1 aromatic carbocycles. The maximum absolute atomic E-state index is 12.2. The molecule has 0 radical (unpaired) electrons. The highest BCUT2D eigenvalue weighted by atomic mass is 35.5. The lowest BCUT2D eigenvalue weighted by Crippen LogP contribution is -2.32. The SMILES string of the molecule is CNCCN(C)S(=O)(=O)c1cccc(SC)c1.Cl. The molecule has 4 nitrogen and oxygen atoms in total. The van der Waals surface area contributed by atoms with Crippen molar-refractivity contribution in [1.82, 2.24) is 9.62 Å². The number of hydrogen-bond acceptors (Lipinski definition) is 4. The summed E-state index contributed by atoms with van der Waals surface area (Å²) in [5, 5.41) is 2.93. The molecule has 0 saturated carbocycles. The van der Waals surface area contributed by atoms with E-state index < -0.39 is 10.0 Å². The van der Waals surface area contributed by atoms with Gasteiger partial charge in [-0.2, -0.15) is 4.31 Å². The number of nitrogens with one attached hydrogen (secondary N) is 1. The van der Waals surface area contributed by atoms with Gasteiger partial charge in [0, 0.05) is 25.0 Å². The van der Waals surface area contributed by atoms with Crippen molar-refractivity contribution < 1.29 is 8.42 Å². The van der Waals surface area contributed by atoms with Gasteiger partial charge in [-0.25, -0.2) is 8.42 Å². The van der Waals surface area contributed by atoms with E-state index in [1.807, 2.05) is 12.3 Å². The number of halogens is 1. The van der Waals surface area contributed by atoms with Crippen LogP contribution in [0.1, 0.15) is 0 Å². The van der Waals surface area contributed by atoms with Crippen molar-refractivity contribution in [1.29, 1.82) is 0 Å². The van der Waals surface area contributed by atoms with E-state index in [4.69, 9.17) is 0 Å². The Bertz CT molecular complexity index is 466. The quantitative estimate of drug-likeness (QED) is 0.812. The van der Waals surface area contributed by atoms with Crippen LogP contribution in [-0.4, -0.2) is 46.2 Å². The third-order valence-corrected chi connectivity index (χ3v) is 5.00. The number of thioether (sulfide) groups is 1. The summed E-state index contributed by atoms with van der Waals surface area (Å²) in [6.45, 7) is 1.10. The first-order valence-corrected chi connectivity index (χ1v) is 7.94. The summed E-state index contributed by atoms with van der Waals surface area (Å²) in [6, 6.07) is 7.00. The average Bonchev–Trinajstić information content (AvgIpc) is 2.35. The first-order chi connectivity index (χ1) is 8.02. The van der Waals surface area contributed by atoms with Crippen molar-refractivity contribution in [3.63, 3.8) is 0 Å². The molecule has 0 saturated heterocycles. The molecule has 7 heteroatoms. The maximum atomic E-state index is 12.2. The Morgan fingerprint density at radius 1 is 1.39 bits per heavy atom. The lowest BCUT2D eigenvalue weighted by molar-refractivity contribution is 0.466. The Hall–Kier alpha value is -0.270. The van der Waals surface area contributed by atoms with Crippen LogP contribution in [-0.2, 0) is 10.0 Å². The Morgan fingerprint density at radius 3 is 2.61 bits per heavy atom. The smallest absolute Gasteiger partial charge is 0.242 e. The van der Waals surface area contributed by atoms with Crippen LogP contribution in [0.25, 0.3) is 0 Å². The van der Waals surface area contributed by atoms with E-state index in [1.165, 1.54) is 16.1 Å². The van der Waals surface area contributed by atoms with Gasteiger partial charge in [-0.1, -0.05) is 6.07 Å². The standard InChI is InChI=1S/C11H18N2O2S2.ClH/c1-12-7-8-13(2)17(14,15)11-6-4-5-10(9-11)16-3;/h4-6,9,12H,7-8H2,1-3H3;1H. The summed E-state index contributed by atoms with van der Waals surface area (Å²) in [5.41, 5.74) is 0. The number of likely N-dealkylation sites (N-methyl/N-ethyl adjacent to an activating group) is 2. The fraction of sp³-hybridized carbons (Fsp3) is 0.455. The van der Waals surface area contributed by atoms with Gasteiger partial charge in [-0.3, -0.25) is 0 Å². The van der Waals surface area contributed by atoms with Crippen LogP contribution in [0.4, 0.5) is 0 Å². The van der Waals surface area contributed by atoms with E-state index in [-0.39, 0.29) is 12.4 Å². The van der Waals surface area contributed by atoms with Gasteiger partial charge in [0.2, 0.25) is 10.0 Å².